The molecule has 2 atom stereocenters. The summed E-state index contributed by atoms with van der Waals surface area (Å²) in [6.07, 6.45) is -1.34. The highest BCUT2D eigenvalue weighted by atomic mass is 35.5. The number of aromatic nitrogens is 4. The second-order valence-corrected chi connectivity index (χ2v) is 7.13. The first kappa shape index (κ1) is 18.9. The van der Waals surface area contributed by atoms with Crippen LogP contribution in [0.25, 0.3) is 0 Å². The van der Waals surface area contributed by atoms with Crippen molar-refractivity contribution in [1.82, 2.24) is 30.8 Å². The fourth-order valence-corrected chi connectivity index (χ4v) is 4.41. The number of hydrogen-bond acceptors (Lipinski definition) is 9. The number of carboxylic acid groups (broad SMARTS) is 1. The molecular weight excluding hydrogens is 406 g/mol. The van der Waals surface area contributed by atoms with E-state index >= 15 is 0 Å². The molecule has 144 valence electrons. The summed E-state index contributed by atoms with van der Waals surface area (Å²) in [5.74, 6) is -2.64. The SMILES string of the molecule is NC(=O)OCC1=C(C(=O)O)N2C(=O)C(Cl)(NC(=O)Cc3nn[nH]n3)C2SC1. The van der Waals surface area contributed by atoms with Crippen molar-refractivity contribution in [3.8, 4) is 0 Å². The molecule has 0 aromatic carbocycles. The Morgan fingerprint density at radius 2 is 2.26 bits per heavy atom. The van der Waals surface area contributed by atoms with E-state index in [1.807, 2.05) is 0 Å². The Balaban J connectivity index is 1.76. The highest BCUT2D eigenvalue weighted by molar-refractivity contribution is 8.00. The van der Waals surface area contributed by atoms with E-state index in [4.69, 9.17) is 17.3 Å². The first-order valence-corrected chi connectivity index (χ1v) is 8.71. The molecule has 5 N–H and O–H groups in total. The number of tetrazole rings is 1. The van der Waals surface area contributed by atoms with Crippen LogP contribution >= 0.6 is 23.4 Å². The van der Waals surface area contributed by atoms with E-state index in [1.165, 1.54) is 0 Å². The van der Waals surface area contributed by atoms with Gasteiger partial charge >= 0.3 is 12.1 Å². The molecule has 0 spiro atoms. The number of thioether (sulfide) groups is 1. The summed E-state index contributed by atoms with van der Waals surface area (Å²) in [4.78, 5) is 46.1. The number of amides is 3. The zero-order valence-electron chi connectivity index (χ0n) is 13.3. The molecule has 2 aliphatic heterocycles. The van der Waals surface area contributed by atoms with Crippen LogP contribution in [0.2, 0.25) is 0 Å². The standard InChI is InChI=1S/C12H12ClN7O6S/c13-12(15-6(21)1-5-16-18-19-17-5)9(24)20-7(8(22)23)4(2-26-11(14)25)3-27-10(12)20/h10H,1-3H2,(H2,14,25)(H,15,21)(H,22,23)(H,16,17,18,19). The molecule has 1 aromatic heterocycles. The molecule has 1 aromatic rings. The number of H-pyrrole nitrogens is 1. The Hall–Kier alpha value is -2.87. The van der Waals surface area contributed by atoms with Gasteiger partial charge in [0, 0.05) is 11.3 Å². The third-order valence-electron chi connectivity index (χ3n) is 3.72. The largest absolute Gasteiger partial charge is 0.477 e. The van der Waals surface area contributed by atoms with Crippen molar-refractivity contribution in [2.24, 2.45) is 5.73 Å². The van der Waals surface area contributed by atoms with Gasteiger partial charge in [-0.1, -0.05) is 16.8 Å². The molecule has 0 bridgehead atoms. The average molecular weight is 418 g/mol. The fraction of sp³-hybridized carbons (Fsp3) is 0.417. The zero-order chi connectivity index (χ0) is 19.8. The number of β-lactam (4-membered cyclic amide) rings is 1. The highest BCUT2D eigenvalue weighted by Crippen LogP contribution is 2.48. The van der Waals surface area contributed by atoms with Gasteiger partial charge in [-0.2, -0.15) is 5.21 Å². The Morgan fingerprint density at radius 1 is 1.52 bits per heavy atom. The number of primary amides is 1. The van der Waals surface area contributed by atoms with Gasteiger partial charge in [-0.3, -0.25) is 14.5 Å². The maximum absolute atomic E-state index is 12.5. The molecule has 27 heavy (non-hydrogen) atoms. The first-order chi connectivity index (χ1) is 12.7. The van der Waals surface area contributed by atoms with Crippen molar-refractivity contribution >= 4 is 47.2 Å². The summed E-state index contributed by atoms with van der Waals surface area (Å²) >= 11 is 7.39. The molecule has 3 heterocycles. The summed E-state index contributed by atoms with van der Waals surface area (Å²) in [7, 11) is 0. The Kier molecular flexibility index (Phi) is 4.93. The Morgan fingerprint density at radius 3 is 2.85 bits per heavy atom. The predicted molar refractivity (Wildman–Crippen MR) is 87.9 cm³/mol. The number of nitrogens with zero attached hydrogens (tertiary/aromatic N) is 4. The maximum atomic E-state index is 12.5. The lowest BCUT2D eigenvalue weighted by atomic mass is 10.0. The average Bonchev–Trinajstić information content (AvgIpc) is 3.11. The van der Waals surface area contributed by atoms with Gasteiger partial charge in [0.25, 0.3) is 5.91 Å². The Labute approximate surface area is 159 Å². The summed E-state index contributed by atoms with van der Waals surface area (Å²) < 4.78 is 4.62. The van der Waals surface area contributed by atoms with Gasteiger partial charge in [-0.25, -0.2) is 9.59 Å². The summed E-state index contributed by atoms with van der Waals surface area (Å²) in [6.45, 7) is -0.375. The lowest BCUT2D eigenvalue weighted by Gasteiger charge is -2.53. The van der Waals surface area contributed by atoms with Crippen LogP contribution in [0.5, 0.6) is 0 Å². The molecule has 1 saturated heterocycles. The lowest BCUT2D eigenvalue weighted by molar-refractivity contribution is -0.153. The van der Waals surface area contributed by atoms with Gasteiger partial charge in [-0.15, -0.1) is 22.0 Å². The number of rotatable bonds is 6. The number of halogens is 1. The van der Waals surface area contributed by atoms with E-state index in [0.717, 1.165) is 16.7 Å². The van der Waals surface area contributed by atoms with Crippen molar-refractivity contribution < 1.29 is 29.0 Å². The second-order valence-electron chi connectivity index (χ2n) is 5.47. The summed E-state index contributed by atoms with van der Waals surface area (Å²) in [6, 6.07) is 0. The number of nitrogens with one attached hydrogen (secondary N) is 2. The van der Waals surface area contributed by atoms with Crippen LogP contribution in [0.15, 0.2) is 11.3 Å². The minimum atomic E-state index is -1.82. The van der Waals surface area contributed by atoms with Gasteiger partial charge in [0.1, 0.15) is 17.7 Å². The number of carbonyl (C=O) groups is 4. The summed E-state index contributed by atoms with van der Waals surface area (Å²) in [5, 5.41) is 23.7. The molecule has 2 unspecified atom stereocenters. The van der Waals surface area contributed by atoms with E-state index < -0.39 is 34.2 Å². The van der Waals surface area contributed by atoms with Crippen LogP contribution in [-0.4, -0.2) is 77.2 Å². The van der Waals surface area contributed by atoms with Crippen LogP contribution in [-0.2, 0) is 25.5 Å². The minimum absolute atomic E-state index is 0.102. The molecule has 3 amide bonds. The van der Waals surface area contributed by atoms with E-state index in [9.17, 15) is 24.3 Å². The number of carboxylic acids is 1. The van der Waals surface area contributed by atoms with Crippen molar-refractivity contribution in [3.63, 3.8) is 0 Å². The molecule has 13 nitrogen and oxygen atoms in total. The maximum Gasteiger partial charge on any atom is 0.404 e. The van der Waals surface area contributed by atoms with Crippen LogP contribution in [0.4, 0.5) is 4.79 Å². The lowest BCUT2D eigenvalue weighted by Crippen LogP contribution is -2.77. The molecule has 1 fully saturated rings. The summed E-state index contributed by atoms with van der Waals surface area (Å²) in [5.41, 5.74) is 4.72. The highest BCUT2D eigenvalue weighted by Gasteiger charge is 2.65. The number of fused-ring (bicyclic) bond motifs is 1. The third-order valence-corrected chi connectivity index (χ3v) is 5.70. The van der Waals surface area contributed by atoms with E-state index in [2.05, 4.69) is 30.7 Å². The molecule has 2 aliphatic rings. The van der Waals surface area contributed by atoms with Crippen molar-refractivity contribution in [1.29, 1.82) is 0 Å². The molecule has 15 heteroatoms. The van der Waals surface area contributed by atoms with Crippen molar-refractivity contribution in [2.75, 3.05) is 12.4 Å². The van der Waals surface area contributed by atoms with Crippen LogP contribution in [0.1, 0.15) is 5.82 Å². The van der Waals surface area contributed by atoms with Gasteiger partial charge < -0.3 is 20.9 Å². The molecule has 3 rings (SSSR count). The third kappa shape index (κ3) is 3.40. The van der Waals surface area contributed by atoms with Gasteiger partial charge in [0.2, 0.25) is 10.9 Å². The Bertz CT molecular complexity index is 845. The van der Waals surface area contributed by atoms with Gasteiger partial charge in [0.15, 0.2) is 5.82 Å². The minimum Gasteiger partial charge on any atom is -0.477 e. The first-order valence-electron chi connectivity index (χ1n) is 7.29. The quantitative estimate of drug-likeness (QED) is 0.231. The smallest absolute Gasteiger partial charge is 0.404 e. The number of ether oxygens (including phenoxy) is 1. The molecule has 0 radical (unpaired) electrons. The van der Waals surface area contributed by atoms with Crippen molar-refractivity contribution in [3.05, 3.63) is 17.1 Å². The van der Waals surface area contributed by atoms with Crippen LogP contribution in [0.3, 0.4) is 0 Å². The number of hydrogen-bond donors (Lipinski definition) is 4. The molecule has 0 aliphatic carbocycles. The number of alkyl halides is 1. The molecule has 0 saturated carbocycles. The zero-order valence-corrected chi connectivity index (χ0v) is 14.9. The van der Waals surface area contributed by atoms with Crippen LogP contribution in [0, 0.1) is 0 Å². The normalized spacial score (nSPS) is 24.1. The number of aliphatic carboxylic acids is 1. The predicted octanol–water partition coefficient (Wildman–Crippen LogP) is -1.86. The topological polar surface area (TPSA) is 193 Å². The number of nitrogens with two attached hydrogens (primary N) is 1. The van der Waals surface area contributed by atoms with Gasteiger partial charge in [-0.05, 0) is 0 Å². The van der Waals surface area contributed by atoms with Crippen LogP contribution < -0.4 is 11.1 Å². The number of aromatic amines is 1. The van der Waals surface area contributed by atoms with E-state index in [0.29, 0.717) is 0 Å². The number of carbonyl (C=O) groups excluding carboxylic acids is 3. The fourth-order valence-electron chi connectivity index (χ4n) is 2.61. The van der Waals surface area contributed by atoms with E-state index in [-0.39, 0.29) is 35.9 Å². The van der Waals surface area contributed by atoms with Gasteiger partial charge in [0.05, 0.1) is 6.42 Å². The monoisotopic (exact) mass is 417 g/mol. The second kappa shape index (κ2) is 7.03. The molecular formula is C12H12ClN7O6S. The van der Waals surface area contributed by atoms with Crippen molar-refractivity contribution in [2.45, 2.75) is 16.8 Å². The van der Waals surface area contributed by atoms with E-state index in [1.54, 1.807) is 0 Å².